The maximum Gasteiger partial charge on any atom is 0.255 e. The number of pyridine rings is 1. The van der Waals surface area contributed by atoms with Crippen LogP contribution in [-0.2, 0) is 0 Å². The second-order valence-electron chi connectivity index (χ2n) is 6.50. The molecule has 0 saturated heterocycles. The van der Waals surface area contributed by atoms with Crippen molar-refractivity contribution in [3.8, 4) is 11.3 Å². The van der Waals surface area contributed by atoms with E-state index >= 15 is 0 Å². The molecule has 0 saturated carbocycles. The van der Waals surface area contributed by atoms with E-state index in [1.54, 1.807) is 24.4 Å². The summed E-state index contributed by atoms with van der Waals surface area (Å²) in [6, 6.07) is 9.86. The van der Waals surface area contributed by atoms with Gasteiger partial charge in [0.1, 0.15) is 11.5 Å². The predicted octanol–water partition coefficient (Wildman–Crippen LogP) is 3.16. The fourth-order valence-electron chi connectivity index (χ4n) is 2.78. The second-order valence-corrected chi connectivity index (χ2v) is 6.50. The van der Waals surface area contributed by atoms with Crippen molar-refractivity contribution in [2.24, 2.45) is 0 Å². The Morgan fingerprint density at radius 1 is 1.08 bits per heavy atom. The number of carbonyl (C=O) groups excluding carboxylic acids is 1. The Balaban J connectivity index is 1.86. The molecule has 0 atom stereocenters. The van der Waals surface area contributed by atoms with Crippen LogP contribution in [0, 0.1) is 5.82 Å². The minimum absolute atomic E-state index is 0.00767. The van der Waals surface area contributed by atoms with Gasteiger partial charge in [0.25, 0.3) is 5.91 Å². The summed E-state index contributed by atoms with van der Waals surface area (Å²) in [5, 5.41) is 0. The Hall–Kier alpha value is -2.73. The number of benzene rings is 1. The number of hydrogen-bond donors (Lipinski definition) is 0. The number of halogens is 1. The molecule has 5 nitrogen and oxygen atoms in total. The molecule has 136 valence electrons. The topological polar surface area (TPSA) is 40.8 Å². The van der Waals surface area contributed by atoms with Crippen molar-refractivity contribution < 1.29 is 9.18 Å². The van der Waals surface area contributed by atoms with E-state index < -0.39 is 0 Å². The molecule has 0 spiro atoms. The van der Waals surface area contributed by atoms with Crippen LogP contribution in [-0.4, -0.2) is 58.8 Å². The minimum Gasteiger partial charge on any atom is -0.338 e. The Labute approximate surface area is 152 Å². The number of rotatable bonds is 6. The van der Waals surface area contributed by atoms with Crippen LogP contribution in [0.2, 0.25) is 0 Å². The van der Waals surface area contributed by atoms with Gasteiger partial charge >= 0.3 is 0 Å². The van der Waals surface area contributed by atoms with E-state index in [0.29, 0.717) is 18.7 Å². The van der Waals surface area contributed by atoms with Gasteiger partial charge in [0.05, 0.1) is 11.3 Å². The fraction of sp³-hybridized carbons (Fsp3) is 0.300. The third kappa shape index (κ3) is 3.91. The Kier molecular flexibility index (Phi) is 5.32. The molecule has 3 rings (SSSR count). The summed E-state index contributed by atoms with van der Waals surface area (Å²) in [5.41, 5.74) is 2.96. The first-order valence-corrected chi connectivity index (χ1v) is 8.66. The van der Waals surface area contributed by atoms with Gasteiger partial charge in [0.2, 0.25) is 0 Å². The van der Waals surface area contributed by atoms with Crippen molar-refractivity contribution >= 4 is 11.6 Å². The molecule has 6 heteroatoms. The molecule has 2 aromatic heterocycles. The van der Waals surface area contributed by atoms with Crippen molar-refractivity contribution in [3.05, 3.63) is 60.2 Å². The largest absolute Gasteiger partial charge is 0.338 e. The number of aromatic nitrogens is 2. The highest BCUT2D eigenvalue weighted by Crippen LogP contribution is 2.20. The molecule has 1 amide bonds. The fourth-order valence-corrected chi connectivity index (χ4v) is 2.78. The van der Waals surface area contributed by atoms with E-state index in [2.05, 4.69) is 9.88 Å². The highest BCUT2D eigenvalue weighted by atomic mass is 19.1. The molecule has 0 bridgehead atoms. The van der Waals surface area contributed by atoms with E-state index in [-0.39, 0.29) is 11.7 Å². The van der Waals surface area contributed by atoms with E-state index in [1.807, 2.05) is 42.6 Å². The van der Waals surface area contributed by atoms with Crippen LogP contribution in [0.5, 0.6) is 0 Å². The molecule has 2 heterocycles. The third-order valence-electron chi connectivity index (χ3n) is 4.32. The first kappa shape index (κ1) is 18.1. The quantitative estimate of drug-likeness (QED) is 0.683. The molecule has 0 unspecified atom stereocenters. The Bertz CT molecular complexity index is 902. The van der Waals surface area contributed by atoms with Gasteiger partial charge in [-0.25, -0.2) is 9.37 Å². The number of amides is 1. The average Bonchev–Trinajstić information content (AvgIpc) is 3.05. The van der Waals surface area contributed by atoms with Gasteiger partial charge in [-0.2, -0.15) is 0 Å². The van der Waals surface area contributed by atoms with E-state index in [9.17, 15) is 9.18 Å². The highest BCUT2D eigenvalue weighted by Gasteiger charge is 2.15. The molecule has 0 aliphatic carbocycles. The monoisotopic (exact) mass is 354 g/mol. The SMILES string of the molecule is CCN(CCN(C)C)C(=O)c1ccc2nc(-c3ccc(F)cc3)cn2c1. The van der Waals surface area contributed by atoms with Crippen LogP contribution in [0.1, 0.15) is 17.3 Å². The molecule has 0 radical (unpaired) electrons. The van der Waals surface area contributed by atoms with Crippen LogP contribution in [0.4, 0.5) is 4.39 Å². The lowest BCUT2D eigenvalue weighted by atomic mass is 10.2. The number of fused-ring (bicyclic) bond motifs is 1. The van der Waals surface area contributed by atoms with Gasteiger partial charge < -0.3 is 14.2 Å². The third-order valence-corrected chi connectivity index (χ3v) is 4.32. The summed E-state index contributed by atoms with van der Waals surface area (Å²) in [4.78, 5) is 21.2. The van der Waals surface area contributed by atoms with Crippen LogP contribution >= 0.6 is 0 Å². The van der Waals surface area contributed by atoms with Crippen LogP contribution in [0.25, 0.3) is 16.9 Å². The molecule has 0 fully saturated rings. The lowest BCUT2D eigenvalue weighted by molar-refractivity contribution is 0.0753. The lowest BCUT2D eigenvalue weighted by Crippen LogP contribution is -2.36. The summed E-state index contributed by atoms with van der Waals surface area (Å²) >= 11 is 0. The minimum atomic E-state index is -0.275. The molecule has 0 aliphatic heterocycles. The van der Waals surface area contributed by atoms with Crippen molar-refractivity contribution in [1.29, 1.82) is 0 Å². The summed E-state index contributed by atoms with van der Waals surface area (Å²) in [6.07, 6.45) is 3.66. The van der Waals surface area contributed by atoms with E-state index in [4.69, 9.17) is 0 Å². The van der Waals surface area contributed by atoms with Crippen molar-refractivity contribution in [2.45, 2.75) is 6.92 Å². The van der Waals surface area contributed by atoms with E-state index in [0.717, 1.165) is 23.4 Å². The number of imidazole rings is 1. The Morgan fingerprint density at radius 2 is 1.81 bits per heavy atom. The van der Waals surface area contributed by atoms with Gasteiger partial charge in [0.15, 0.2) is 0 Å². The Morgan fingerprint density at radius 3 is 2.46 bits per heavy atom. The van der Waals surface area contributed by atoms with Crippen molar-refractivity contribution in [1.82, 2.24) is 19.2 Å². The molecule has 26 heavy (non-hydrogen) atoms. The number of likely N-dealkylation sites (N-methyl/N-ethyl adjacent to an activating group) is 2. The first-order valence-electron chi connectivity index (χ1n) is 8.66. The zero-order valence-corrected chi connectivity index (χ0v) is 15.3. The number of hydrogen-bond acceptors (Lipinski definition) is 3. The summed E-state index contributed by atoms with van der Waals surface area (Å²) in [5.74, 6) is -0.268. The predicted molar refractivity (Wildman–Crippen MR) is 101 cm³/mol. The summed E-state index contributed by atoms with van der Waals surface area (Å²) in [6.45, 7) is 4.15. The molecular weight excluding hydrogens is 331 g/mol. The summed E-state index contributed by atoms with van der Waals surface area (Å²) < 4.78 is 14.9. The second kappa shape index (κ2) is 7.66. The average molecular weight is 354 g/mol. The maximum atomic E-state index is 13.1. The van der Waals surface area contributed by atoms with Crippen LogP contribution < -0.4 is 0 Å². The summed E-state index contributed by atoms with van der Waals surface area (Å²) in [7, 11) is 3.99. The smallest absolute Gasteiger partial charge is 0.255 e. The molecule has 3 aromatic rings. The van der Waals surface area contributed by atoms with E-state index in [1.165, 1.54) is 12.1 Å². The first-order chi connectivity index (χ1) is 12.5. The zero-order chi connectivity index (χ0) is 18.7. The van der Waals surface area contributed by atoms with Crippen molar-refractivity contribution in [2.75, 3.05) is 33.7 Å². The van der Waals surface area contributed by atoms with Gasteiger partial charge in [-0.3, -0.25) is 4.79 Å². The highest BCUT2D eigenvalue weighted by molar-refractivity contribution is 5.94. The van der Waals surface area contributed by atoms with Gasteiger partial charge in [-0.05, 0) is 57.4 Å². The van der Waals surface area contributed by atoms with Crippen LogP contribution in [0.3, 0.4) is 0 Å². The standard InChI is InChI=1S/C20H23FN4O/c1-4-24(12-11-23(2)3)20(26)16-7-10-19-22-18(14-25(19)13-16)15-5-8-17(21)9-6-15/h5-10,13-14H,4,11-12H2,1-3H3. The molecule has 0 aliphatic rings. The lowest BCUT2D eigenvalue weighted by Gasteiger charge is -2.22. The maximum absolute atomic E-state index is 13.1. The molecular formula is C20H23FN4O. The van der Waals surface area contributed by atoms with Crippen LogP contribution in [0.15, 0.2) is 48.8 Å². The number of carbonyl (C=O) groups is 1. The van der Waals surface area contributed by atoms with Gasteiger partial charge in [0, 0.05) is 37.6 Å². The molecule has 1 aromatic carbocycles. The van der Waals surface area contributed by atoms with Crippen molar-refractivity contribution in [3.63, 3.8) is 0 Å². The number of nitrogens with zero attached hydrogens (tertiary/aromatic N) is 4. The van der Waals surface area contributed by atoms with Gasteiger partial charge in [-0.15, -0.1) is 0 Å². The van der Waals surface area contributed by atoms with Gasteiger partial charge in [-0.1, -0.05) is 0 Å². The normalized spacial score (nSPS) is 11.3. The molecule has 0 N–H and O–H groups in total. The zero-order valence-electron chi connectivity index (χ0n) is 15.3.